The fourth-order valence-corrected chi connectivity index (χ4v) is 6.90. The molecule has 0 saturated heterocycles. The lowest BCUT2D eigenvalue weighted by atomic mass is 9.46. The zero-order valence-electron chi connectivity index (χ0n) is 15.2. The Balaban J connectivity index is 1.72. The predicted molar refractivity (Wildman–Crippen MR) is 96.6 cm³/mol. The normalized spacial score (nSPS) is 50.5. The molecule has 4 aliphatic carbocycles. The highest BCUT2D eigenvalue weighted by molar-refractivity contribution is 6.05. The minimum atomic E-state index is -0.974. The third kappa shape index (κ3) is 2.01. The SMILES string of the molecule is C#CC1(O)CCC2C3CCC4=CC(=O)/C(=C\O)CC4(C)C3CCC21C. The Morgan fingerprint density at radius 2 is 1.96 bits per heavy atom. The number of ketones is 1. The average Bonchev–Trinajstić information content (AvgIpc) is 2.87. The summed E-state index contributed by atoms with van der Waals surface area (Å²) < 4.78 is 0. The summed E-state index contributed by atoms with van der Waals surface area (Å²) in [5.74, 6) is 4.17. The minimum Gasteiger partial charge on any atom is -0.515 e. The first-order valence-corrected chi connectivity index (χ1v) is 9.58. The Morgan fingerprint density at radius 3 is 2.64 bits per heavy atom. The molecule has 0 spiro atoms. The zero-order chi connectivity index (χ0) is 18.0. The first kappa shape index (κ1) is 16.9. The van der Waals surface area contributed by atoms with Crippen molar-refractivity contribution < 1.29 is 15.0 Å². The van der Waals surface area contributed by atoms with Crippen molar-refractivity contribution in [3.8, 4) is 12.3 Å². The third-order valence-corrected chi connectivity index (χ3v) is 8.46. The molecule has 4 aliphatic rings. The minimum absolute atomic E-state index is 0.0309. The molecule has 0 radical (unpaired) electrons. The van der Waals surface area contributed by atoms with Crippen LogP contribution in [-0.4, -0.2) is 21.6 Å². The second-order valence-corrected chi connectivity index (χ2v) is 9.20. The highest BCUT2D eigenvalue weighted by Gasteiger charge is 2.63. The van der Waals surface area contributed by atoms with Gasteiger partial charge in [-0.15, -0.1) is 6.42 Å². The molecular weight excluding hydrogens is 312 g/mol. The molecule has 0 aliphatic heterocycles. The second kappa shape index (κ2) is 5.24. The lowest BCUT2D eigenvalue weighted by molar-refractivity contribution is -0.115. The van der Waals surface area contributed by atoms with Crippen LogP contribution < -0.4 is 0 Å². The van der Waals surface area contributed by atoms with Gasteiger partial charge in [0.25, 0.3) is 0 Å². The number of hydrogen-bond donors (Lipinski definition) is 2. The summed E-state index contributed by atoms with van der Waals surface area (Å²) >= 11 is 0. The van der Waals surface area contributed by atoms with Crippen LogP contribution in [0.25, 0.3) is 0 Å². The van der Waals surface area contributed by atoms with Gasteiger partial charge in [-0.2, -0.15) is 0 Å². The van der Waals surface area contributed by atoms with E-state index < -0.39 is 5.60 Å². The summed E-state index contributed by atoms with van der Waals surface area (Å²) in [6, 6.07) is 0. The Bertz CT molecular complexity index is 726. The van der Waals surface area contributed by atoms with Gasteiger partial charge in [-0.1, -0.05) is 25.3 Å². The topological polar surface area (TPSA) is 57.5 Å². The van der Waals surface area contributed by atoms with Gasteiger partial charge in [-0.05, 0) is 74.2 Å². The van der Waals surface area contributed by atoms with E-state index in [4.69, 9.17) is 6.42 Å². The lowest BCUT2D eigenvalue weighted by Crippen LogP contribution is -2.54. The van der Waals surface area contributed by atoms with Gasteiger partial charge in [-0.3, -0.25) is 4.79 Å². The molecule has 2 N–H and O–H groups in total. The number of terminal acetylenes is 1. The third-order valence-electron chi connectivity index (χ3n) is 8.46. The van der Waals surface area contributed by atoms with Crippen LogP contribution >= 0.6 is 0 Å². The summed E-state index contributed by atoms with van der Waals surface area (Å²) in [4.78, 5) is 12.2. The number of carbonyl (C=O) groups is 1. The van der Waals surface area contributed by atoms with Crippen LogP contribution in [0, 0.1) is 40.9 Å². The maximum atomic E-state index is 12.2. The molecule has 3 nitrogen and oxygen atoms in total. The molecule has 0 aromatic rings. The Kier molecular flexibility index (Phi) is 3.54. The van der Waals surface area contributed by atoms with E-state index in [1.54, 1.807) is 6.08 Å². The predicted octanol–water partition coefficient (Wildman–Crippen LogP) is 3.93. The Labute approximate surface area is 150 Å². The van der Waals surface area contributed by atoms with E-state index in [9.17, 15) is 15.0 Å². The van der Waals surface area contributed by atoms with Crippen molar-refractivity contribution in [1.29, 1.82) is 0 Å². The van der Waals surface area contributed by atoms with Gasteiger partial charge in [0.1, 0.15) is 5.60 Å². The van der Waals surface area contributed by atoms with Gasteiger partial charge < -0.3 is 10.2 Å². The van der Waals surface area contributed by atoms with Crippen LogP contribution in [0.3, 0.4) is 0 Å². The van der Waals surface area contributed by atoms with Crippen molar-refractivity contribution in [3.63, 3.8) is 0 Å². The van der Waals surface area contributed by atoms with Gasteiger partial charge in [0.2, 0.25) is 0 Å². The molecule has 3 heteroatoms. The second-order valence-electron chi connectivity index (χ2n) is 9.20. The molecule has 3 fully saturated rings. The molecule has 0 amide bonds. The fraction of sp³-hybridized carbons (Fsp3) is 0.682. The maximum absolute atomic E-state index is 12.2. The number of aliphatic hydroxyl groups excluding tert-OH is 1. The average molecular weight is 340 g/mol. The largest absolute Gasteiger partial charge is 0.515 e. The van der Waals surface area contributed by atoms with Crippen LogP contribution in [0.1, 0.15) is 58.8 Å². The number of aliphatic hydroxyl groups is 2. The number of hydrogen-bond acceptors (Lipinski definition) is 3. The summed E-state index contributed by atoms with van der Waals surface area (Å²) in [5.41, 5.74) is 0.577. The van der Waals surface area contributed by atoms with Crippen molar-refractivity contribution >= 4 is 5.78 Å². The van der Waals surface area contributed by atoms with Gasteiger partial charge in [0.15, 0.2) is 5.78 Å². The van der Waals surface area contributed by atoms with Crippen LogP contribution in [0.15, 0.2) is 23.5 Å². The van der Waals surface area contributed by atoms with Crippen molar-refractivity contribution in [2.24, 2.45) is 28.6 Å². The number of rotatable bonds is 0. The van der Waals surface area contributed by atoms with E-state index in [0.717, 1.165) is 38.4 Å². The van der Waals surface area contributed by atoms with Gasteiger partial charge >= 0.3 is 0 Å². The highest BCUT2D eigenvalue weighted by Crippen LogP contribution is 2.67. The fourth-order valence-electron chi connectivity index (χ4n) is 6.90. The molecule has 0 heterocycles. The Hall–Kier alpha value is -1.53. The standard InChI is InChI=1S/C22H28O3/c1-4-22(25)10-8-18-16-6-5-15-11-19(24)14(13-23)12-20(15,2)17(16)7-9-21(18,22)3/h1,11,13,16-18,23,25H,5-10,12H2,2-3H3/b14-13-. The van der Waals surface area contributed by atoms with Crippen LogP contribution in [0.5, 0.6) is 0 Å². The first-order valence-electron chi connectivity index (χ1n) is 9.58. The summed E-state index contributed by atoms with van der Waals surface area (Å²) in [5, 5.41) is 20.5. The van der Waals surface area contributed by atoms with E-state index in [-0.39, 0.29) is 16.6 Å². The smallest absolute Gasteiger partial charge is 0.184 e. The molecule has 4 rings (SSSR count). The van der Waals surface area contributed by atoms with Crippen molar-refractivity contribution in [3.05, 3.63) is 23.5 Å². The molecule has 3 saturated carbocycles. The van der Waals surface area contributed by atoms with E-state index >= 15 is 0 Å². The van der Waals surface area contributed by atoms with Crippen molar-refractivity contribution in [1.82, 2.24) is 0 Å². The molecule has 0 aromatic carbocycles. The van der Waals surface area contributed by atoms with Crippen LogP contribution in [-0.2, 0) is 4.79 Å². The molecule has 6 unspecified atom stereocenters. The van der Waals surface area contributed by atoms with E-state index in [0.29, 0.717) is 36.2 Å². The quantitative estimate of drug-likeness (QED) is 0.399. The van der Waals surface area contributed by atoms with E-state index in [2.05, 4.69) is 19.8 Å². The molecule has 25 heavy (non-hydrogen) atoms. The number of allylic oxidation sites excluding steroid dienone is 2. The van der Waals surface area contributed by atoms with Gasteiger partial charge in [0.05, 0.1) is 6.26 Å². The Morgan fingerprint density at radius 1 is 1.24 bits per heavy atom. The molecule has 6 atom stereocenters. The molecule has 0 aromatic heterocycles. The van der Waals surface area contributed by atoms with Crippen LogP contribution in [0.4, 0.5) is 0 Å². The summed E-state index contributed by atoms with van der Waals surface area (Å²) in [6.07, 6.45) is 14.8. The molecular formula is C22H28O3. The van der Waals surface area contributed by atoms with Crippen LogP contribution in [0.2, 0.25) is 0 Å². The number of carbonyl (C=O) groups excluding carboxylic acids is 1. The summed E-state index contributed by atoms with van der Waals surface area (Å²) in [6.45, 7) is 4.47. The molecule has 0 bridgehead atoms. The van der Waals surface area contributed by atoms with Gasteiger partial charge in [0, 0.05) is 11.0 Å². The van der Waals surface area contributed by atoms with Gasteiger partial charge in [-0.25, -0.2) is 0 Å². The zero-order valence-corrected chi connectivity index (χ0v) is 15.2. The highest BCUT2D eigenvalue weighted by atomic mass is 16.3. The molecule has 134 valence electrons. The number of fused-ring (bicyclic) bond motifs is 5. The van der Waals surface area contributed by atoms with Crippen molar-refractivity contribution in [2.45, 2.75) is 64.4 Å². The van der Waals surface area contributed by atoms with E-state index in [1.165, 1.54) is 5.57 Å². The van der Waals surface area contributed by atoms with Crippen molar-refractivity contribution in [2.75, 3.05) is 0 Å². The van der Waals surface area contributed by atoms with E-state index in [1.807, 2.05) is 0 Å². The first-order chi connectivity index (χ1) is 11.8. The maximum Gasteiger partial charge on any atom is 0.184 e. The summed E-state index contributed by atoms with van der Waals surface area (Å²) in [7, 11) is 0. The lowest BCUT2D eigenvalue weighted by Gasteiger charge is -2.58. The monoisotopic (exact) mass is 340 g/mol.